The third-order valence-electron chi connectivity index (χ3n) is 12.3. The van der Waals surface area contributed by atoms with Crippen molar-refractivity contribution >= 4 is 87.8 Å². The van der Waals surface area contributed by atoms with Gasteiger partial charge in [0.05, 0.1) is 22.1 Å². The van der Waals surface area contributed by atoms with E-state index in [0.29, 0.717) is 0 Å². The molecule has 1 aliphatic rings. The van der Waals surface area contributed by atoms with Gasteiger partial charge in [-0.15, -0.1) is 0 Å². The van der Waals surface area contributed by atoms with E-state index in [4.69, 9.17) is 9.41 Å². The second kappa shape index (κ2) is 12.3. The molecule has 59 heavy (non-hydrogen) atoms. The third kappa shape index (κ3) is 4.58. The van der Waals surface area contributed by atoms with E-state index in [1.54, 1.807) is 0 Å². The van der Waals surface area contributed by atoms with Crippen LogP contribution < -0.4 is 5.32 Å². The van der Waals surface area contributed by atoms with E-state index in [9.17, 15) is 0 Å². The highest BCUT2D eigenvalue weighted by atomic mass is 16.3. The van der Waals surface area contributed by atoms with Crippen LogP contribution in [0.2, 0.25) is 0 Å². The smallest absolute Gasteiger partial charge is 0.209 e. The van der Waals surface area contributed by atoms with Crippen molar-refractivity contribution in [3.8, 4) is 16.8 Å². The molecule has 9 aromatic carbocycles. The summed E-state index contributed by atoms with van der Waals surface area (Å²) in [6, 6.07) is 69.2. The number of fused-ring (bicyclic) bond motifs is 15. The van der Waals surface area contributed by atoms with Crippen molar-refractivity contribution in [2.75, 3.05) is 0 Å². The van der Waals surface area contributed by atoms with Crippen molar-refractivity contribution in [1.29, 1.82) is 0 Å². The van der Waals surface area contributed by atoms with Crippen molar-refractivity contribution in [2.24, 2.45) is 4.99 Å². The molecule has 0 bridgehead atoms. The van der Waals surface area contributed by atoms with Crippen LogP contribution in [-0.2, 0) is 0 Å². The fraction of sp³-hybridized carbons (Fsp3) is 0.0185. The average molecular weight is 755 g/mol. The lowest BCUT2D eigenvalue weighted by Crippen LogP contribution is -2.36. The molecule has 0 spiro atoms. The summed E-state index contributed by atoms with van der Waals surface area (Å²) >= 11 is 0. The summed E-state index contributed by atoms with van der Waals surface area (Å²) in [7, 11) is 0. The number of hydrogen-bond acceptors (Lipinski definition) is 3. The van der Waals surface area contributed by atoms with Gasteiger partial charge in [0.2, 0.25) is 5.96 Å². The van der Waals surface area contributed by atoms with Gasteiger partial charge in [-0.05, 0) is 80.7 Å². The summed E-state index contributed by atoms with van der Waals surface area (Å²) < 4.78 is 11.6. The summed E-state index contributed by atoms with van der Waals surface area (Å²) in [6.45, 7) is 0. The van der Waals surface area contributed by atoms with Gasteiger partial charge in [0.1, 0.15) is 17.3 Å². The Morgan fingerprint density at radius 1 is 0.458 bits per heavy atom. The maximum atomic E-state index is 6.75. The zero-order valence-corrected chi connectivity index (χ0v) is 31.8. The Bertz CT molecular complexity index is 3700. The Hall–Kier alpha value is -7.89. The van der Waals surface area contributed by atoms with Gasteiger partial charge in [0.25, 0.3) is 0 Å². The number of para-hydroxylation sites is 3. The number of aliphatic imine (C=N–C) groups is 1. The highest BCUT2D eigenvalue weighted by Gasteiger charge is 2.33. The summed E-state index contributed by atoms with van der Waals surface area (Å²) in [6.07, 6.45) is 0. The first kappa shape index (κ1) is 32.2. The highest BCUT2D eigenvalue weighted by molar-refractivity contribution is 6.39. The van der Waals surface area contributed by atoms with E-state index in [0.717, 1.165) is 67.3 Å². The molecule has 13 rings (SSSR count). The molecule has 4 heterocycles. The van der Waals surface area contributed by atoms with Crippen LogP contribution in [0.3, 0.4) is 0 Å². The van der Waals surface area contributed by atoms with Crippen LogP contribution in [-0.4, -0.2) is 15.1 Å². The van der Waals surface area contributed by atoms with Crippen molar-refractivity contribution in [1.82, 2.24) is 14.5 Å². The van der Waals surface area contributed by atoms with E-state index >= 15 is 0 Å². The molecular weight excluding hydrogens is 721 g/mol. The lowest BCUT2D eigenvalue weighted by atomic mass is 9.96. The Morgan fingerprint density at radius 3 is 1.93 bits per heavy atom. The molecule has 0 fully saturated rings. The standard InChI is InChI=1S/C54H34N4O/c1-3-16-33(17-4-1)35-19-15-20-36(32-35)49-53-50(42-27-12-14-29-45(42)59-53)56-54(55-49)58-43-28-13-11-26-41(43)46-39-24-9-10-25-40(39)48-47-38-23-8-7-18-34(38)30-31-44(47)57(52(48)51(46)58)37-21-5-2-6-22-37/h1-32,49H,(H,55,56). The first-order valence-corrected chi connectivity index (χ1v) is 20.2. The second-order valence-electron chi connectivity index (χ2n) is 15.5. The van der Waals surface area contributed by atoms with Crippen LogP contribution >= 0.6 is 0 Å². The van der Waals surface area contributed by atoms with Gasteiger partial charge in [-0.1, -0.05) is 152 Å². The number of aromatic nitrogens is 2. The number of furan rings is 1. The van der Waals surface area contributed by atoms with Gasteiger partial charge in [-0.2, -0.15) is 0 Å². The topological polar surface area (TPSA) is 47.4 Å². The SMILES string of the molecule is c1ccc(-c2cccc(C3NC(n4c5ccccc5c5c6ccccc6c6c7c8ccccc8ccc7n(-c7ccccc7)c6c54)=Nc4c3oc3ccccc43)c2)cc1. The molecule has 276 valence electrons. The van der Waals surface area contributed by atoms with Crippen molar-refractivity contribution in [3.05, 3.63) is 205 Å². The van der Waals surface area contributed by atoms with E-state index in [1.165, 1.54) is 48.7 Å². The van der Waals surface area contributed by atoms with Crippen LogP contribution in [0.25, 0.3) is 92.9 Å². The molecule has 1 N–H and O–H groups in total. The quantitative estimate of drug-likeness (QED) is 0.195. The lowest BCUT2D eigenvalue weighted by molar-refractivity contribution is 0.501. The molecule has 1 unspecified atom stereocenters. The molecule has 5 heteroatoms. The van der Waals surface area contributed by atoms with Crippen LogP contribution in [0.5, 0.6) is 0 Å². The predicted molar refractivity (Wildman–Crippen MR) is 244 cm³/mol. The molecule has 3 aromatic heterocycles. The molecule has 0 amide bonds. The number of hydrogen-bond donors (Lipinski definition) is 1. The minimum Gasteiger partial charge on any atom is -0.456 e. The average Bonchev–Trinajstić information content (AvgIpc) is 3.98. The second-order valence-corrected chi connectivity index (χ2v) is 15.5. The maximum absolute atomic E-state index is 6.75. The Morgan fingerprint density at radius 2 is 1.10 bits per heavy atom. The third-order valence-corrected chi connectivity index (χ3v) is 12.3. The van der Waals surface area contributed by atoms with E-state index in [2.05, 4.69) is 196 Å². The maximum Gasteiger partial charge on any atom is 0.209 e. The van der Waals surface area contributed by atoms with Crippen LogP contribution in [0.1, 0.15) is 17.4 Å². The number of nitrogens with one attached hydrogen (secondary N) is 1. The molecule has 0 aliphatic carbocycles. The molecule has 1 aliphatic heterocycles. The fourth-order valence-electron chi connectivity index (χ4n) is 9.84. The number of rotatable bonds is 3. The zero-order chi connectivity index (χ0) is 38.6. The van der Waals surface area contributed by atoms with E-state index in [1.807, 2.05) is 12.1 Å². The van der Waals surface area contributed by atoms with Crippen LogP contribution in [0, 0.1) is 0 Å². The lowest BCUT2D eigenvalue weighted by Gasteiger charge is -2.26. The summed E-state index contributed by atoms with van der Waals surface area (Å²) in [5, 5.41) is 14.7. The molecule has 0 saturated heterocycles. The number of nitrogens with zero attached hydrogens (tertiary/aromatic N) is 3. The zero-order valence-electron chi connectivity index (χ0n) is 31.8. The van der Waals surface area contributed by atoms with E-state index < -0.39 is 0 Å². The van der Waals surface area contributed by atoms with Crippen molar-refractivity contribution in [3.63, 3.8) is 0 Å². The monoisotopic (exact) mass is 754 g/mol. The van der Waals surface area contributed by atoms with Crippen LogP contribution in [0.15, 0.2) is 204 Å². The largest absolute Gasteiger partial charge is 0.456 e. The van der Waals surface area contributed by atoms with E-state index in [-0.39, 0.29) is 6.04 Å². The highest BCUT2D eigenvalue weighted by Crippen LogP contribution is 2.49. The molecule has 1 atom stereocenters. The first-order chi connectivity index (χ1) is 29.3. The molecule has 0 saturated carbocycles. The van der Waals surface area contributed by atoms with Crippen LogP contribution in [0.4, 0.5) is 5.69 Å². The van der Waals surface area contributed by atoms with Gasteiger partial charge in [-0.25, -0.2) is 4.99 Å². The summed E-state index contributed by atoms with van der Waals surface area (Å²) in [4.78, 5) is 5.59. The molecule has 5 nitrogen and oxygen atoms in total. The number of benzene rings is 9. The van der Waals surface area contributed by atoms with Gasteiger partial charge in [-0.3, -0.25) is 4.57 Å². The van der Waals surface area contributed by atoms with Crippen molar-refractivity contribution < 1.29 is 4.42 Å². The van der Waals surface area contributed by atoms with Gasteiger partial charge in [0, 0.05) is 32.6 Å². The summed E-state index contributed by atoms with van der Waals surface area (Å²) in [5.41, 5.74) is 10.7. The molecule has 12 aromatic rings. The van der Waals surface area contributed by atoms with Crippen molar-refractivity contribution in [2.45, 2.75) is 6.04 Å². The fourth-order valence-corrected chi connectivity index (χ4v) is 9.84. The van der Waals surface area contributed by atoms with Gasteiger partial charge in [0.15, 0.2) is 5.76 Å². The Labute approximate surface area is 338 Å². The summed E-state index contributed by atoms with van der Waals surface area (Å²) in [5.74, 6) is 1.55. The van der Waals surface area contributed by atoms with Gasteiger partial charge >= 0.3 is 0 Å². The minimum atomic E-state index is -0.315. The Kier molecular flexibility index (Phi) is 6.72. The minimum absolute atomic E-state index is 0.315. The normalized spacial score (nSPS) is 14.2. The molecule has 0 radical (unpaired) electrons. The Balaban J connectivity index is 1.20. The van der Waals surface area contributed by atoms with Gasteiger partial charge < -0.3 is 14.3 Å². The molecular formula is C54H34N4O. The predicted octanol–water partition coefficient (Wildman–Crippen LogP) is 13.8. The first-order valence-electron chi connectivity index (χ1n) is 20.2.